The molecule has 0 aromatic carbocycles. The van der Waals surface area contributed by atoms with Crippen molar-refractivity contribution in [2.45, 2.75) is 19.2 Å². The summed E-state index contributed by atoms with van der Waals surface area (Å²) >= 11 is 6.05. The molecule has 1 saturated heterocycles. The number of anilines is 1. The Labute approximate surface area is 115 Å². The molecule has 0 radical (unpaired) electrons. The Balaban J connectivity index is 2.11. The fraction of sp³-hybridized carbons (Fsp3) is 0.769. The van der Waals surface area contributed by atoms with E-state index in [9.17, 15) is 0 Å². The zero-order valence-electron chi connectivity index (χ0n) is 11.8. The van der Waals surface area contributed by atoms with Gasteiger partial charge in [0.1, 0.15) is 5.82 Å². The number of aromatic nitrogens is 2. The summed E-state index contributed by atoms with van der Waals surface area (Å²) in [7, 11) is 6.33. The van der Waals surface area contributed by atoms with Crippen LogP contribution in [0.5, 0.6) is 0 Å². The predicted octanol–water partition coefficient (Wildman–Crippen LogP) is 1.86. The molecule has 1 unspecified atom stereocenters. The molecular weight excluding hydrogens is 248 g/mol. The van der Waals surface area contributed by atoms with Crippen LogP contribution >= 0.6 is 11.6 Å². The topological polar surface area (TPSA) is 24.3 Å². The van der Waals surface area contributed by atoms with Crippen molar-refractivity contribution < 1.29 is 0 Å². The Morgan fingerprint density at radius 3 is 2.72 bits per heavy atom. The van der Waals surface area contributed by atoms with E-state index in [1.54, 1.807) is 0 Å². The first-order valence-corrected chi connectivity index (χ1v) is 7.04. The first-order chi connectivity index (χ1) is 8.52. The second-order valence-corrected chi connectivity index (χ2v) is 5.71. The highest BCUT2D eigenvalue weighted by molar-refractivity contribution is 6.17. The molecule has 0 saturated carbocycles. The molecule has 1 aromatic heterocycles. The van der Waals surface area contributed by atoms with Gasteiger partial charge in [0.15, 0.2) is 0 Å². The summed E-state index contributed by atoms with van der Waals surface area (Å²) < 4.78 is 1.95. The second kappa shape index (κ2) is 5.49. The van der Waals surface area contributed by atoms with Crippen molar-refractivity contribution in [2.75, 3.05) is 38.6 Å². The lowest BCUT2D eigenvalue weighted by molar-refractivity contribution is 0.395. The van der Waals surface area contributed by atoms with E-state index in [1.807, 2.05) is 18.7 Å². The van der Waals surface area contributed by atoms with Crippen LogP contribution in [0.15, 0.2) is 0 Å². The van der Waals surface area contributed by atoms with Crippen molar-refractivity contribution in [3.8, 4) is 0 Å². The first-order valence-electron chi connectivity index (χ1n) is 6.51. The molecule has 0 N–H and O–H groups in total. The van der Waals surface area contributed by atoms with Crippen LogP contribution in [0.4, 0.5) is 5.82 Å². The minimum atomic E-state index is 0.532. The van der Waals surface area contributed by atoms with Gasteiger partial charge < -0.3 is 9.80 Å². The lowest BCUT2D eigenvalue weighted by atomic mass is 10.1. The van der Waals surface area contributed by atoms with Crippen molar-refractivity contribution in [1.82, 2.24) is 14.7 Å². The summed E-state index contributed by atoms with van der Waals surface area (Å²) in [5.41, 5.74) is 2.20. The summed E-state index contributed by atoms with van der Waals surface area (Å²) in [6.45, 7) is 5.51. The predicted molar refractivity (Wildman–Crippen MR) is 76.4 cm³/mol. The first kappa shape index (κ1) is 13.7. The zero-order valence-corrected chi connectivity index (χ0v) is 12.5. The van der Waals surface area contributed by atoms with Gasteiger partial charge in [0.2, 0.25) is 0 Å². The smallest absolute Gasteiger partial charge is 0.130 e. The number of rotatable bonds is 4. The molecule has 0 spiro atoms. The van der Waals surface area contributed by atoms with Crippen LogP contribution in [0.3, 0.4) is 0 Å². The summed E-state index contributed by atoms with van der Waals surface area (Å²) in [6, 6.07) is 0. The lowest BCUT2D eigenvalue weighted by Crippen LogP contribution is -2.29. The van der Waals surface area contributed by atoms with Crippen LogP contribution in [0.25, 0.3) is 0 Å². The highest BCUT2D eigenvalue weighted by atomic mass is 35.5. The van der Waals surface area contributed by atoms with Crippen molar-refractivity contribution in [1.29, 1.82) is 0 Å². The maximum absolute atomic E-state index is 6.05. The Hall–Kier alpha value is -0.740. The largest absolute Gasteiger partial charge is 0.359 e. The molecule has 2 rings (SSSR count). The van der Waals surface area contributed by atoms with Gasteiger partial charge in [-0.1, -0.05) is 0 Å². The van der Waals surface area contributed by atoms with E-state index in [0.29, 0.717) is 5.88 Å². The lowest BCUT2D eigenvalue weighted by Gasteiger charge is -2.24. The Morgan fingerprint density at radius 1 is 1.44 bits per heavy atom. The molecule has 1 fully saturated rings. The summed E-state index contributed by atoms with van der Waals surface area (Å²) in [6.07, 6.45) is 1.29. The van der Waals surface area contributed by atoms with Crippen LogP contribution in [0, 0.1) is 12.8 Å². The Kier molecular flexibility index (Phi) is 4.17. The quantitative estimate of drug-likeness (QED) is 0.781. The van der Waals surface area contributed by atoms with Crippen molar-refractivity contribution in [3.63, 3.8) is 0 Å². The fourth-order valence-corrected chi connectivity index (χ4v) is 3.29. The van der Waals surface area contributed by atoms with Crippen molar-refractivity contribution in [3.05, 3.63) is 11.3 Å². The summed E-state index contributed by atoms with van der Waals surface area (Å²) in [4.78, 5) is 4.71. The molecule has 0 bridgehead atoms. The molecule has 2 heterocycles. The van der Waals surface area contributed by atoms with Crippen LogP contribution in [-0.2, 0) is 12.9 Å². The SMILES string of the molecule is Cc1nn(C)c(N(C)CC2CCN(C)C2)c1CCl. The third-order valence-corrected chi connectivity index (χ3v) is 4.10. The van der Waals surface area contributed by atoms with Gasteiger partial charge in [0.25, 0.3) is 0 Å². The fourth-order valence-electron chi connectivity index (χ4n) is 2.97. The highest BCUT2D eigenvalue weighted by Crippen LogP contribution is 2.26. The number of alkyl halides is 1. The van der Waals surface area contributed by atoms with Gasteiger partial charge in [-0.15, -0.1) is 11.6 Å². The van der Waals surface area contributed by atoms with Gasteiger partial charge in [0.05, 0.1) is 11.6 Å². The van der Waals surface area contributed by atoms with Crippen molar-refractivity contribution >= 4 is 17.4 Å². The van der Waals surface area contributed by atoms with E-state index in [-0.39, 0.29) is 0 Å². The minimum Gasteiger partial charge on any atom is -0.359 e. The normalized spacial score (nSPS) is 20.6. The van der Waals surface area contributed by atoms with E-state index >= 15 is 0 Å². The molecule has 102 valence electrons. The van der Waals surface area contributed by atoms with E-state index < -0.39 is 0 Å². The van der Waals surface area contributed by atoms with Gasteiger partial charge >= 0.3 is 0 Å². The molecular formula is C13H23ClN4. The molecule has 1 aromatic rings. The Morgan fingerprint density at radius 2 is 2.17 bits per heavy atom. The molecule has 0 aliphatic carbocycles. The van der Waals surface area contributed by atoms with Gasteiger partial charge in [-0.3, -0.25) is 4.68 Å². The van der Waals surface area contributed by atoms with Gasteiger partial charge in [-0.25, -0.2) is 0 Å². The number of halogens is 1. The summed E-state index contributed by atoms with van der Waals surface area (Å²) in [5, 5.41) is 4.47. The number of aryl methyl sites for hydroxylation is 2. The van der Waals surface area contributed by atoms with Crippen LogP contribution in [-0.4, -0.2) is 48.4 Å². The van der Waals surface area contributed by atoms with E-state index in [0.717, 1.165) is 29.5 Å². The maximum atomic E-state index is 6.05. The van der Waals surface area contributed by atoms with Gasteiger partial charge in [-0.05, 0) is 32.9 Å². The molecule has 1 aliphatic rings. The molecule has 18 heavy (non-hydrogen) atoms. The number of hydrogen-bond acceptors (Lipinski definition) is 3. The van der Waals surface area contributed by atoms with Gasteiger partial charge in [0, 0.05) is 32.7 Å². The van der Waals surface area contributed by atoms with Gasteiger partial charge in [-0.2, -0.15) is 5.10 Å². The summed E-state index contributed by atoms with van der Waals surface area (Å²) in [5.74, 6) is 2.44. The van der Waals surface area contributed by atoms with E-state index in [2.05, 4.69) is 29.0 Å². The van der Waals surface area contributed by atoms with E-state index in [1.165, 1.54) is 19.5 Å². The molecule has 4 nitrogen and oxygen atoms in total. The zero-order chi connectivity index (χ0) is 13.3. The maximum Gasteiger partial charge on any atom is 0.130 e. The monoisotopic (exact) mass is 270 g/mol. The van der Waals surface area contributed by atoms with Crippen LogP contribution in [0.1, 0.15) is 17.7 Å². The third-order valence-electron chi connectivity index (χ3n) is 3.83. The number of hydrogen-bond donors (Lipinski definition) is 0. The standard InChI is InChI=1S/C13H23ClN4/c1-10-12(7-14)13(18(4)15-10)17(3)9-11-5-6-16(2)8-11/h11H,5-9H2,1-4H3. The third kappa shape index (κ3) is 2.64. The average Bonchev–Trinajstić information content (AvgIpc) is 2.82. The molecule has 1 aliphatic heterocycles. The number of likely N-dealkylation sites (tertiary alicyclic amines) is 1. The molecule has 0 amide bonds. The average molecular weight is 271 g/mol. The van der Waals surface area contributed by atoms with Crippen LogP contribution < -0.4 is 4.90 Å². The minimum absolute atomic E-state index is 0.532. The van der Waals surface area contributed by atoms with Crippen LogP contribution in [0.2, 0.25) is 0 Å². The number of nitrogens with zero attached hydrogens (tertiary/aromatic N) is 4. The van der Waals surface area contributed by atoms with Crippen molar-refractivity contribution in [2.24, 2.45) is 13.0 Å². The molecule has 1 atom stereocenters. The van der Waals surface area contributed by atoms with E-state index in [4.69, 9.17) is 11.6 Å². The Bertz CT molecular complexity index is 415. The highest BCUT2D eigenvalue weighted by Gasteiger charge is 2.23. The molecule has 5 heteroatoms. The second-order valence-electron chi connectivity index (χ2n) is 5.44.